The molecule has 1 aromatic carbocycles. The zero-order valence-corrected chi connectivity index (χ0v) is 10.2. The Labute approximate surface area is 100 Å². The smallest absolute Gasteiger partial charge is 0.387 e. The number of carboxylic acids is 1. The van der Waals surface area contributed by atoms with Crippen molar-refractivity contribution in [2.45, 2.75) is 6.61 Å². The molecule has 1 N–H and O–H groups in total. The fraction of sp³-hybridized carbons (Fsp3) is 0.125. The Morgan fingerprint density at radius 2 is 1.93 bits per heavy atom. The van der Waals surface area contributed by atoms with Crippen LogP contribution in [0, 0.1) is 0 Å². The molecular formula is C8H4Br2F2O3. The van der Waals surface area contributed by atoms with Gasteiger partial charge in [0.25, 0.3) is 0 Å². The second-order valence-electron chi connectivity index (χ2n) is 2.45. The van der Waals surface area contributed by atoms with Crippen molar-refractivity contribution in [2.75, 3.05) is 0 Å². The molecule has 0 radical (unpaired) electrons. The van der Waals surface area contributed by atoms with E-state index >= 15 is 0 Å². The lowest BCUT2D eigenvalue weighted by atomic mass is 10.2. The van der Waals surface area contributed by atoms with Crippen molar-refractivity contribution in [3.05, 3.63) is 26.6 Å². The molecule has 82 valence electrons. The number of rotatable bonds is 3. The van der Waals surface area contributed by atoms with E-state index in [1.54, 1.807) is 0 Å². The molecule has 0 aliphatic rings. The maximum absolute atomic E-state index is 11.9. The minimum Gasteiger partial charge on any atom is -0.478 e. The summed E-state index contributed by atoms with van der Waals surface area (Å²) < 4.78 is 28.5. The summed E-state index contributed by atoms with van der Waals surface area (Å²) in [7, 11) is 0. The molecule has 0 heterocycles. The Morgan fingerprint density at radius 3 is 2.40 bits per heavy atom. The van der Waals surface area contributed by atoms with Crippen LogP contribution in [-0.2, 0) is 0 Å². The number of carbonyl (C=O) groups is 1. The number of alkyl halides is 2. The molecule has 0 atom stereocenters. The SMILES string of the molecule is O=C(O)c1cc(OC(F)F)c(Br)cc1Br. The molecule has 0 amide bonds. The summed E-state index contributed by atoms with van der Waals surface area (Å²) in [5.74, 6) is -1.45. The van der Waals surface area contributed by atoms with Crippen LogP contribution < -0.4 is 4.74 Å². The molecule has 3 nitrogen and oxygen atoms in total. The molecule has 1 aromatic rings. The molecule has 1 rings (SSSR count). The van der Waals surface area contributed by atoms with Gasteiger partial charge in [-0.3, -0.25) is 0 Å². The van der Waals surface area contributed by atoms with Gasteiger partial charge in [0.2, 0.25) is 0 Å². The van der Waals surface area contributed by atoms with E-state index in [4.69, 9.17) is 5.11 Å². The van der Waals surface area contributed by atoms with Crippen LogP contribution in [0.2, 0.25) is 0 Å². The van der Waals surface area contributed by atoms with E-state index in [1.807, 2.05) is 0 Å². The summed E-state index contributed by atoms with van der Waals surface area (Å²) in [6, 6.07) is 2.35. The van der Waals surface area contributed by atoms with Crippen LogP contribution in [-0.4, -0.2) is 17.7 Å². The zero-order valence-electron chi connectivity index (χ0n) is 7.01. The minimum atomic E-state index is -3.00. The molecule has 0 spiro atoms. The van der Waals surface area contributed by atoms with Crippen molar-refractivity contribution in [3.63, 3.8) is 0 Å². The highest BCUT2D eigenvalue weighted by molar-refractivity contribution is 9.11. The minimum absolute atomic E-state index is 0.145. The molecule has 15 heavy (non-hydrogen) atoms. The molecule has 0 unspecified atom stereocenters. The van der Waals surface area contributed by atoms with Gasteiger partial charge in [-0.05, 0) is 44.0 Å². The van der Waals surface area contributed by atoms with Crippen LogP contribution in [0.15, 0.2) is 21.1 Å². The fourth-order valence-corrected chi connectivity index (χ4v) is 2.14. The molecule has 7 heteroatoms. The lowest BCUT2D eigenvalue weighted by Crippen LogP contribution is -2.05. The topological polar surface area (TPSA) is 46.5 Å². The van der Waals surface area contributed by atoms with Gasteiger partial charge in [-0.25, -0.2) is 4.79 Å². The Kier molecular flexibility index (Phi) is 4.04. The summed E-state index contributed by atoms with van der Waals surface area (Å²) in [5, 5.41) is 8.73. The van der Waals surface area contributed by atoms with Crippen molar-refractivity contribution < 1.29 is 23.4 Å². The van der Waals surface area contributed by atoms with E-state index in [1.165, 1.54) is 6.07 Å². The summed E-state index contributed by atoms with van der Waals surface area (Å²) in [4.78, 5) is 10.7. The Hall–Kier alpha value is -0.690. The first-order chi connectivity index (χ1) is 6.91. The van der Waals surface area contributed by atoms with Gasteiger partial charge < -0.3 is 9.84 Å². The van der Waals surface area contributed by atoms with Gasteiger partial charge in [-0.1, -0.05) is 0 Å². The molecule has 0 saturated heterocycles. The van der Waals surface area contributed by atoms with Crippen molar-refractivity contribution in [1.29, 1.82) is 0 Å². The standard InChI is InChI=1S/C8H4Br2F2O3/c9-4-2-5(10)6(15-8(11)12)1-3(4)7(13)14/h1-2,8H,(H,13,14). The average Bonchev–Trinajstić information content (AvgIpc) is 2.08. The number of hydrogen-bond acceptors (Lipinski definition) is 2. The van der Waals surface area contributed by atoms with Gasteiger partial charge >= 0.3 is 12.6 Å². The highest BCUT2D eigenvalue weighted by Crippen LogP contribution is 2.32. The molecule has 0 aliphatic carbocycles. The highest BCUT2D eigenvalue weighted by atomic mass is 79.9. The third-order valence-electron chi connectivity index (χ3n) is 1.47. The van der Waals surface area contributed by atoms with Gasteiger partial charge in [0.05, 0.1) is 10.0 Å². The van der Waals surface area contributed by atoms with Crippen LogP contribution in [0.5, 0.6) is 5.75 Å². The lowest BCUT2D eigenvalue weighted by molar-refractivity contribution is -0.0504. The third kappa shape index (κ3) is 3.13. The summed E-state index contributed by atoms with van der Waals surface area (Å²) in [5.41, 5.74) is -0.145. The van der Waals surface area contributed by atoms with E-state index in [-0.39, 0.29) is 20.3 Å². The van der Waals surface area contributed by atoms with E-state index in [0.717, 1.165) is 6.07 Å². The van der Waals surface area contributed by atoms with Crippen molar-refractivity contribution in [1.82, 2.24) is 0 Å². The third-order valence-corrected chi connectivity index (χ3v) is 2.74. The quantitative estimate of drug-likeness (QED) is 0.911. The molecule has 0 saturated carbocycles. The van der Waals surface area contributed by atoms with Gasteiger partial charge in [0, 0.05) is 4.47 Å². The van der Waals surface area contributed by atoms with Crippen molar-refractivity contribution in [2.24, 2.45) is 0 Å². The Morgan fingerprint density at radius 1 is 1.33 bits per heavy atom. The summed E-state index contributed by atoms with van der Waals surface area (Å²) >= 11 is 5.97. The number of halogens is 4. The van der Waals surface area contributed by atoms with E-state index < -0.39 is 12.6 Å². The van der Waals surface area contributed by atoms with Crippen LogP contribution in [0.4, 0.5) is 8.78 Å². The number of benzene rings is 1. The zero-order chi connectivity index (χ0) is 11.6. The lowest BCUT2D eigenvalue weighted by Gasteiger charge is -2.08. The van der Waals surface area contributed by atoms with E-state index in [2.05, 4.69) is 36.6 Å². The molecule has 0 fully saturated rings. The van der Waals surface area contributed by atoms with E-state index in [0.29, 0.717) is 0 Å². The first-order valence-electron chi connectivity index (χ1n) is 3.59. The normalized spacial score (nSPS) is 10.5. The Bertz CT molecular complexity index is 396. The highest BCUT2D eigenvalue weighted by Gasteiger charge is 2.15. The largest absolute Gasteiger partial charge is 0.478 e. The molecule has 0 aromatic heterocycles. The fourth-order valence-electron chi connectivity index (χ4n) is 0.879. The maximum atomic E-state index is 11.9. The second kappa shape index (κ2) is 4.89. The van der Waals surface area contributed by atoms with Crippen LogP contribution in [0.3, 0.4) is 0 Å². The van der Waals surface area contributed by atoms with Crippen molar-refractivity contribution in [3.8, 4) is 5.75 Å². The van der Waals surface area contributed by atoms with Gasteiger partial charge in [0.1, 0.15) is 5.75 Å². The predicted octanol–water partition coefficient (Wildman–Crippen LogP) is 3.51. The number of carboxylic acid groups (broad SMARTS) is 1. The van der Waals surface area contributed by atoms with Crippen LogP contribution in [0.1, 0.15) is 10.4 Å². The average molecular weight is 346 g/mol. The summed E-state index contributed by atoms with van der Waals surface area (Å²) in [6.45, 7) is -3.00. The first kappa shape index (κ1) is 12.4. The van der Waals surface area contributed by atoms with Crippen LogP contribution >= 0.6 is 31.9 Å². The monoisotopic (exact) mass is 344 g/mol. The van der Waals surface area contributed by atoms with Gasteiger partial charge in [-0.2, -0.15) is 8.78 Å². The van der Waals surface area contributed by atoms with Gasteiger partial charge in [0.15, 0.2) is 0 Å². The maximum Gasteiger partial charge on any atom is 0.387 e. The predicted molar refractivity (Wildman–Crippen MR) is 55.4 cm³/mol. The number of hydrogen-bond donors (Lipinski definition) is 1. The number of aromatic carboxylic acids is 1. The van der Waals surface area contributed by atoms with Crippen molar-refractivity contribution >= 4 is 37.8 Å². The Balaban J connectivity index is 3.17. The van der Waals surface area contributed by atoms with Gasteiger partial charge in [-0.15, -0.1) is 0 Å². The molecular weight excluding hydrogens is 342 g/mol. The second-order valence-corrected chi connectivity index (χ2v) is 4.15. The molecule has 0 aliphatic heterocycles. The first-order valence-corrected chi connectivity index (χ1v) is 5.17. The number of ether oxygens (including phenoxy) is 1. The van der Waals surface area contributed by atoms with Crippen LogP contribution in [0.25, 0.3) is 0 Å². The summed E-state index contributed by atoms with van der Waals surface area (Å²) in [6.07, 6.45) is 0. The van der Waals surface area contributed by atoms with E-state index in [9.17, 15) is 13.6 Å². The molecule has 0 bridgehead atoms.